The number of aliphatic imine (C=N–C) groups is 1. The average Bonchev–Trinajstić information content (AvgIpc) is 2.97. The number of hydrogen-bond donors (Lipinski definition) is 2. The number of rotatable bonds is 7. The minimum atomic E-state index is 0.577. The molecule has 7 heteroatoms. The summed E-state index contributed by atoms with van der Waals surface area (Å²) in [7, 11) is 1.76. The Morgan fingerprint density at radius 2 is 2.00 bits per heavy atom. The van der Waals surface area contributed by atoms with Crippen LogP contribution in [0.5, 0.6) is 5.75 Å². The van der Waals surface area contributed by atoms with Crippen LogP contribution in [-0.4, -0.2) is 37.7 Å². The molecule has 0 unspecified atom stereocenters. The van der Waals surface area contributed by atoms with Gasteiger partial charge in [0.15, 0.2) is 5.96 Å². The summed E-state index contributed by atoms with van der Waals surface area (Å²) in [5, 5.41) is 7.65. The number of benzene rings is 1. The molecule has 1 aromatic carbocycles. The van der Waals surface area contributed by atoms with Gasteiger partial charge in [-0.3, -0.25) is 4.99 Å². The molecule has 1 aromatic heterocycles. The fraction of sp³-hybridized carbons (Fsp3) is 0.375. The fourth-order valence-electron chi connectivity index (χ4n) is 1.89. The lowest BCUT2D eigenvalue weighted by molar-refractivity contribution is 0.322. The van der Waals surface area contributed by atoms with Crippen LogP contribution in [0, 0.1) is 6.92 Å². The first-order valence-corrected chi connectivity index (χ1v) is 9.02. The molecule has 2 aromatic rings. The lowest BCUT2D eigenvalue weighted by atomic mass is 10.3. The van der Waals surface area contributed by atoms with E-state index in [0.717, 1.165) is 34.2 Å². The molecule has 0 atom stereocenters. The van der Waals surface area contributed by atoms with Gasteiger partial charge in [-0.05, 0) is 31.2 Å². The minimum Gasteiger partial charge on any atom is -0.492 e. The van der Waals surface area contributed by atoms with Gasteiger partial charge in [-0.1, -0.05) is 15.9 Å². The third-order valence-electron chi connectivity index (χ3n) is 3.00. The van der Waals surface area contributed by atoms with Crippen LogP contribution in [0.4, 0.5) is 0 Å². The van der Waals surface area contributed by atoms with Crippen molar-refractivity contribution in [3.05, 3.63) is 44.8 Å². The zero-order chi connectivity index (χ0) is 16.5. The van der Waals surface area contributed by atoms with E-state index in [9.17, 15) is 0 Å². The Morgan fingerprint density at radius 3 is 2.65 bits per heavy atom. The molecule has 23 heavy (non-hydrogen) atoms. The standard InChI is InChI=1S/C16H21BrN4OS/c1-12-11-21-15(23-12)7-8-19-16(18-2)20-9-10-22-14-5-3-13(17)4-6-14/h3-6,11H,7-10H2,1-2H3,(H2,18,19,20). The Kier molecular flexibility index (Phi) is 7.35. The van der Waals surface area contributed by atoms with Crippen molar-refractivity contribution in [2.24, 2.45) is 4.99 Å². The Bertz CT molecular complexity index is 627. The molecule has 0 aliphatic carbocycles. The van der Waals surface area contributed by atoms with Crippen molar-refractivity contribution in [3.8, 4) is 5.75 Å². The molecule has 1 heterocycles. The van der Waals surface area contributed by atoms with E-state index < -0.39 is 0 Å². The summed E-state index contributed by atoms with van der Waals surface area (Å²) in [4.78, 5) is 9.79. The molecule has 2 rings (SSSR count). The summed E-state index contributed by atoms with van der Waals surface area (Å²) < 4.78 is 6.70. The van der Waals surface area contributed by atoms with Crippen molar-refractivity contribution >= 4 is 33.2 Å². The van der Waals surface area contributed by atoms with Gasteiger partial charge in [-0.15, -0.1) is 11.3 Å². The van der Waals surface area contributed by atoms with Crippen LogP contribution in [0.1, 0.15) is 9.88 Å². The van der Waals surface area contributed by atoms with Gasteiger partial charge in [0.05, 0.1) is 11.6 Å². The number of halogens is 1. The number of aryl methyl sites for hydroxylation is 1. The van der Waals surface area contributed by atoms with Crippen LogP contribution in [0.3, 0.4) is 0 Å². The zero-order valence-electron chi connectivity index (χ0n) is 13.3. The normalized spacial score (nSPS) is 11.3. The SMILES string of the molecule is CN=C(NCCOc1ccc(Br)cc1)NCCc1ncc(C)s1. The molecule has 0 fully saturated rings. The van der Waals surface area contributed by atoms with Crippen molar-refractivity contribution in [2.45, 2.75) is 13.3 Å². The number of aromatic nitrogens is 1. The topological polar surface area (TPSA) is 58.5 Å². The molecule has 0 aliphatic rings. The highest BCUT2D eigenvalue weighted by atomic mass is 79.9. The first kappa shape index (κ1) is 17.7. The maximum absolute atomic E-state index is 5.66. The summed E-state index contributed by atoms with van der Waals surface area (Å²) >= 11 is 5.13. The van der Waals surface area contributed by atoms with Crippen molar-refractivity contribution in [1.82, 2.24) is 15.6 Å². The lowest BCUT2D eigenvalue weighted by Crippen LogP contribution is -2.40. The van der Waals surface area contributed by atoms with Gasteiger partial charge in [0.2, 0.25) is 0 Å². The molecule has 5 nitrogen and oxygen atoms in total. The Hall–Kier alpha value is -1.60. The van der Waals surface area contributed by atoms with Crippen molar-refractivity contribution in [1.29, 1.82) is 0 Å². The van der Waals surface area contributed by atoms with Gasteiger partial charge in [-0.25, -0.2) is 4.98 Å². The number of thiazole rings is 1. The molecule has 0 amide bonds. The average molecular weight is 397 g/mol. The van der Waals surface area contributed by atoms with Crippen molar-refractivity contribution in [3.63, 3.8) is 0 Å². The van der Waals surface area contributed by atoms with Crippen LogP contribution in [0.25, 0.3) is 0 Å². The van der Waals surface area contributed by atoms with Crippen LogP contribution in [-0.2, 0) is 6.42 Å². The summed E-state index contributed by atoms with van der Waals surface area (Å²) in [6.45, 7) is 4.14. The first-order valence-electron chi connectivity index (χ1n) is 7.41. The molecule has 0 spiro atoms. The third kappa shape index (κ3) is 6.58. The van der Waals surface area contributed by atoms with E-state index in [0.29, 0.717) is 13.2 Å². The predicted octanol–water partition coefficient (Wildman–Crippen LogP) is 3.00. The number of nitrogens with zero attached hydrogens (tertiary/aromatic N) is 2. The van der Waals surface area contributed by atoms with Gasteiger partial charge < -0.3 is 15.4 Å². The Balaban J connectivity index is 1.62. The van der Waals surface area contributed by atoms with E-state index in [1.807, 2.05) is 30.5 Å². The fourth-order valence-corrected chi connectivity index (χ4v) is 2.95. The minimum absolute atomic E-state index is 0.577. The second-order valence-corrected chi connectivity index (χ2v) is 7.08. The molecule has 2 N–H and O–H groups in total. The monoisotopic (exact) mass is 396 g/mol. The molecule has 0 radical (unpaired) electrons. The van der Waals surface area contributed by atoms with Crippen LogP contribution >= 0.6 is 27.3 Å². The summed E-state index contributed by atoms with van der Waals surface area (Å²) in [5.41, 5.74) is 0. The number of hydrogen-bond acceptors (Lipinski definition) is 4. The van der Waals surface area contributed by atoms with E-state index in [-0.39, 0.29) is 0 Å². The number of nitrogens with one attached hydrogen (secondary N) is 2. The smallest absolute Gasteiger partial charge is 0.191 e. The quantitative estimate of drug-likeness (QED) is 0.429. The second kappa shape index (κ2) is 9.52. The largest absolute Gasteiger partial charge is 0.492 e. The van der Waals surface area contributed by atoms with E-state index in [2.05, 4.69) is 43.5 Å². The summed E-state index contributed by atoms with van der Waals surface area (Å²) in [5.74, 6) is 1.63. The van der Waals surface area contributed by atoms with Crippen LogP contribution in [0.15, 0.2) is 39.9 Å². The lowest BCUT2D eigenvalue weighted by Gasteiger charge is -2.12. The predicted molar refractivity (Wildman–Crippen MR) is 99.6 cm³/mol. The van der Waals surface area contributed by atoms with Crippen molar-refractivity contribution in [2.75, 3.05) is 26.7 Å². The van der Waals surface area contributed by atoms with E-state index in [1.165, 1.54) is 4.88 Å². The molecular formula is C16H21BrN4OS. The van der Waals surface area contributed by atoms with Crippen LogP contribution in [0.2, 0.25) is 0 Å². The van der Waals surface area contributed by atoms with Crippen molar-refractivity contribution < 1.29 is 4.74 Å². The molecule has 0 bridgehead atoms. The molecule has 0 saturated carbocycles. The van der Waals surface area contributed by atoms with Gasteiger partial charge in [0.25, 0.3) is 0 Å². The highest BCUT2D eigenvalue weighted by molar-refractivity contribution is 9.10. The summed E-state index contributed by atoms with van der Waals surface area (Å²) in [6.07, 6.45) is 2.81. The summed E-state index contributed by atoms with van der Waals surface area (Å²) in [6, 6.07) is 7.80. The Labute approximate surface area is 149 Å². The second-order valence-electron chi connectivity index (χ2n) is 4.84. The maximum Gasteiger partial charge on any atom is 0.191 e. The third-order valence-corrected chi connectivity index (χ3v) is 4.50. The highest BCUT2D eigenvalue weighted by Gasteiger charge is 2.01. The van der Waals surface area contributed by atoms with Crippen LogP contribution < -0.4 is 15.4 Å². The van der Waals surface area contributed by atoms with E-state index >= 15 is 0 Å². The van der Waals surface area contributed by atoms with Gasteiger partial charge >= 0.3 is 0 Å². The van der Waals surface area contributed by atoms with Gasteiger partial charge in [0.1, 0.15) is 12.4 Å². The molecule has 0 aliphatic heterocycles. The molecule has 124 valence electrons. The van der Waals surface area contributed by atoms with E-state index in [4.69, 9.17) is 4.74 Å². The molecule has 0 saturated heterocycles. The Morgan fingerprint density at radius 1 is 1.26 bits per heavy atom. The zero-order valence-corrected chi connectivity index (χ0v) is 15.7. The van der Waals surface area contributed by atoms with Gasteiger partial charge in [-0.2, -0.15) is 0 Å². The highest BCUT2D eigenvalue weighted by Crippen LogP contribution is 2.15. The number of guanidine groups is 1. The van der Waals surface area contributed by atoms with Gasteiger partial charge in [0, 0.05) is 35.6 Å². The van der Waals surface area contributed by atoms with E-state index in [1.54, 1.807) is 18.4 Å². The number of ether oxygens (including phenoxy) is 1. The molecular weight excluding hydrogens is 376 g/mol. The first-order chi connectivity index (χ1) is 11.2. The maximum atomic E-state index is 5.66.